The number of hydrogen-bond acceptors (Lipinski definition) is 2. The van der Waals surface area contributed by atoms with E-state index in [-0.39, 0.29) is 0 Å². The molecule has 0 N–H and O–H groups in total. The first kappa shape index (κ1) is 17.6. The highest BCUT2D eigenvalue weighted by Crippen LogP contribution is 2.22. The van der Waals surface area contributed by atoms with Crippen molar-refractivity contribution in [2.24, 2.45) is 0 Å². The van der Waals surface area contributed by atoms with Gasteiger partial charge in [0.05, 0.1) is 6.26 Å². The van der Waals surface area contributed by atoms with Crippen LogP contribution < -0.4 is 0 Å². The lowest BCUT2D eigenvalue weighted by molar-refractivity contribution is 0.322. The van der Waals surface area contributed by atoms with Crippen LogP contribution in [0.15, 0.2) is 89.5 Å². The Morgan fingerprint density at radius 2 is 1.48 bits per heavy atom. The second kappa shape index (κ2) is 8.24. The van der Waals surface area contributed by atoms with Crippen LogP contribution in [0, 0.1) is 0 Å². The summed E-state index contributed by atoms with van der Waals surface area (Å²) in [5.41, 5.74) is 6.19. The van der Waals surface area contributed by atoms with Crippen molar-refractivity contribution < 1.29 is 4.42 Å². The SMILES string of the molecule is CN(CCCc1ccc(-c2ccccc2)cc1)Cc1coc2ccccc12. The van der Waals surface area contributed by atoms with Gasteiger partial charge in [-0.1, -0.05) is 72.8 Å². The van der Waals surface area contributed by atoms with Gasteiger partial charge in [0.25, 0.3) is 0 Å². The van der Waals surface area contributed by atoms with Crippen LogP contribution in [0.2, 0.25) is 0 Å². The fourth-order valence-corrected chi connectivity index (χ4v) is 3.57. The Bertz CT molecular complexity index is 986. The van der Waals surface area contributed by atoms with Crippen LogP contribution in [0.5, 0.6) is 0 Å². The second-order valence-electron chi connectivity index (χ2n) is 7.16. The van der Waals surface area contributed by atoms with Gasteiger partial charge in [-0.05, 0) is 49.2 Å². The van der Waals surface area contributed by atoms with E-state index in [9.17, 15) is 0 Å². The molecule has 27 heavy (non-hydrogen) atoms. The van der Waals surface area contributed by atoms with Gasteiger partial charge in [-0.15, -0.1) is 0 Å². The van der Waals surface area contributed by atoms with Crippen LogP contribution in [0.25, 0.3) is 22.1 Å². The number of nitrogens with zero attached hydrogens (tertiary/aromatic N) is 1. The van der Waals surface area contributed by atoms with Crippen molar-refractivity contribution in [1.82, 2.24) is 4.90 Å². The molecule has 0 saturated heterocycles. The van der Waals surface area contributed by atoms with Crippen molar-refractivity contribution in [3.05, 3.63) is 96.3 Å². The third-order valence-electron chi connectivity index (χ3n) is 5.07. The van der Waals surface area contributed by atoms with Crippen molar-refractivity contribution in [3.8, 4) is 11.1 Å². The van der Waals surface area contributed by atoms with Crippen molar-refractivity contribution in [2.75, 3.05) is 13.6 Å². The van der Waals surface area contributed by atoms with E-state index in [0.29, 0.717) is 0 Å². The van der Waals surface area contributed by atoms with E-state index in [4.69, 9.17) is 4.42 Å². The minimum Gasteiger partial charge on any atom is -0.464 e. The molecule has 4 aromatic rings. The van der Waals surface area contributed by atoms with Gasteiger partial charge in [-0.2, -0.15) is 0 Å². The zero-order valence-corrected chi connectivity index (χ0v) is 15.8. The Morgan fingerprint density at radius 1 is 0.778 bits per heavy atom. The summed E-state index contributed by atoms with van der Waals surface area (Å²) in [4.78, 5) is 2.37. The van der Waals surface area contributed by atoms with E-state index in [0.717, 1.165) is 31.5 Å². The Kier molecular flexibility index (Phi) is 5.36. The number of para-hydroxylation sites is 1. The molecule has 136 valence electrons. The lowest BCUT2D eigenvalue weighted by atomic mass is 10.0. The number of hydrogen-bond donors (Lipinski definition) is 0. The third kappa shape index (κ3) is 4.29. The largest absolute Gasteiger partial charge is 0.464 e. The summed E-state index contributed by atoms with van der Waals surface area (Å²) < 4.78 is 5.64. The summed E-state index contributed by atoms with van der Waals surface area (Å²) in [5.74, 6) is 0. The first-order valence-electron chi connectivity index (χ1n) is 9.57. The zero-order chi connectivity index (χ0) is 18.5. The number of aryl methyl sites for hydroxylation is 1. The standard InChI is InChI=1S/C25H25NO/c1-26(18-23-19-27-25-12-6-5-11-24(23)25)17-7-8-20-13-15-22(16-14-20)21-9-3-2-4-10-21/h2-6,9-16,19H,7-8,17-18H2,1H3. The maximum absolute atomic E-state index is 5.64. The normalized spacial score (nSPS) is 11.3. The van der Waals surface area contributed by atoms with Crippen molar-refractivity contribution in [3.63, 3.8) is 0 Å². The predicted molar refractivity (Wildman–Crippen MR) is 113 cm³/mol. The van der Waals surface area contributed by atoms with E-state index in [1.165, 1.54) is 27.6 Å². The summed E-state index contributed by atoms with van der Waals surface area (Å²) in [5, 5.41) is 1.22. The fraction of sp³-hybridized carbons (Fsp3) is 0.200. The van der Waals surface area contributed by atoms with Crippen LogP contribution in [0.3, 0.4) is 0 Å². The Morgan fingerprint density at radius 3 is 2.30 bits per heavy atom. The molecule has 3 aromatic carbocycles. The van der Waals surface area contributed by atoms with Crippen molar-refractivity contribution in [1.29, 1.82) is 0 Å². The summed E-state index contributed by atoms with van der Waals surface area (Å²) in [6, 6.07) is 27.8. The Labute approximate surface area is 161 Å². The first-order chi connectivity index (χ1) is 13.3. The molecule has 0 radical (unpaired) electrons. The molecular weight excluding hydrogens is 330 g/mol. The maximum atomic E-state index is 5.64. The van der Waals surface area contributed by atoms with Crippen molar-refractivity contribution in [2.45, 2.75) is 19.4 Å². The van der Waals surface area contributed by atoms with Crippen LogP contribution in [0.1, 0.15) is 17.5 Å². The molecule has 0 aliphatic rings. The van der Waals surface area contributed by atoms with Gasteiger partial charge in [-0.25, -0.2) is 0 Å². The van der Waals surface area contributed by atoms with E-state index >= 15 is 0 Å². The summed E-state index contributed by atoms with van der Waals surface area (Å²) in [6.07, 6.45) is 4.14. The first-order valence-corrected chi connectivity index (χ1v) is 9.57. The van der Waals surface area contributed by atoms with Gasteiger partial charge in [0.2, 0.25) is 0 Å². The molecule has 0 unspecified atom stereocenters. The molecule has 0 fully saturated rings. The number of furan rings is 1. The minimum atomic E-state index is 0.921. The van der Waals surface area contributed by atoms with Crippen LogP contribution in [-0.4, -0.2) is 18.5 Å². The second-order valence-corrected chi connectivity index (χ2v) is 7.16. The zero-order valence-electron chi connectivity index (χ0n) is 15.8. The highest BCUT2D eigenvalue weighted by atomic mass is 16.3. The number of benzene rings is 3. The van der Waals surface area contributed by atoms with Gasteiger partial charge in [-0.3, -0.25) is 0 Å². The quantitative estimate of drug-likeness (QED) is 0.394. The Balaban J connectivity index is 1.29. The van der Waals surface area contributed by atoms with E-state index in [2.05, 4.69) is 78.7 Å². The highest BCUT2D eigenvalue weighted by molar-refractivity contribution is 5.80. The van der Waals surface area contributed by atoms with Gasteiger partial charge in [0.1, 0.15) is 5.58 Å². The third-order valence-corrected chi connectivity index (χ3v) is 5.07. The molecule has 0 aliphatic heterocycles. The number of rotatable bonds is 7. The highest BCUT2D eigenvalue weighted by Gasteiger charge is 2.08. The summed E-state index contributed by atoms with van der Waals surface area (Å²) in [6.45, 7) is 1.99. The van der Waals surface area contributed by atoms with Crippen molar-refractivity contribution >= 4 is 11.0 Å². The molecule has 0 bridgehead atoms. The Hall–Kier alpha value is -2.84. The molecule has 0 spiro atoms. The van der Waals surface area contributed by atoms with Crippen LogP contribution >= 0.6 is 0 Å². The fourth-order valence-electron chi connectivity index (χ4n) is 3.57. The van der Waals surface area contributed by atoms with E-state index in [1.54, 1.807) is 0 Å². The molecule has 2 nitrogen and oxygen atoms in total. The molecule has 4 rings (SSSR count). The monoisotopic (exact) mass is 355 g/mol. The van der Waals surface area contributed by atoms with Crippen LogP contribution in [-0.2, 0) is 13.0 Å². The van der Waals surface area contributed by atoms with Gasteiger partial charge in [0, 0.05) is 17.5 Å². The molecular formula is C25H25NO. The summed E-state index contributed by atoms with van der Waals surface area (Å²) >= 11 is 0. The number of fused-ring (bicyclic) bond motifs is 1. The molecule has 1 aromatic heterocycles. The molecule has 0 aliphatic carbocycles. The average Bonchev–Trinajstić information content (AvgIpc) is 3.12. The van der Waals surface area contributed by atoms with Gasteiger partial charge in [0.15, 0.2) is 0 Å². The smallest absolute Gasteiger partial charge is 0.134 e. The lowest BCUT2D eigenvalue weighted by Gasteiger charge is -2.15. The minimum absolute atomic E-state index is 0.921. The maximum Gasteiger partial charge on any atom is 0.134 e. The van der Waals surface area contributed by atoms with E-state index < -0.39 is 0 Å². The van der Waals surface area contributed by atoms with Crippen LogP contribution in [0.4, 0.5) is 0 Å². The molecule has 0 saturated carbocycles. The molecule has 0 amide bonds. The average molecular weight is 355 g/mol. The van der Waals surface area contributed by atoms with Gasteiger partial charge >= 0.3 is 0 Å². The molecule has 1 heterocycles. The molecule has 2 heteroatoms. The lowest BCUT2D eigenvalue weighted by Crippen LogP contribution is -2.19. The van der Waals surface area contributed by atoms with E-state index in [1.807, 2.05) is 18.4 Å². The molecule has 0 atom stereocenters. The van der Waals surface area contributed by atoms with Gasteiger partial charge < -0.3 is 9.32 Å². The summed E-state index contributed by atoms with van der Waals surface area (Å²) in [7, 11) is 2.18. The predicted octanol–water partition coefficient (Wildman–Crippen LogP) is 6.16. The topological polar surface area (TPSA) is 16.4 Å².